The van der Waals surface area contributed by atoms with Gasteiger partial charge in [-0.25, -0.2) is 0 Å². The van der Waals surface area contributed by atoms with Gasteiger partial charge in [-0.3, -0.25) is 11.3 Å². The summed E-state index contributed by atoms with van der Waals surface area (Å²) in [5, 5.41) is 0.742. The van der Waals surface area contributed by atoms with Crippen molar-refractivity contribution in [3.63, 3.8) is 0 Å². The predicted molar refractivity (Wildman–Crippen MR) is 90.4 cm³/mol. The lowest BCUT2D eigenvalue weighted by Crippen LogP contribution is -2.29. The van der Waals surface area contributed by atoms with Crippen LogP contribution in [-0.2, 0) is 11.8 Å². The van der Waals surface area contributed by atoms with E-state index in [0.29, 0.717) is 0 Å². The van der Waals surface area contributed by atoms with Crippen molar-refractivity contribution in [1.29, 1.82) is 0 Å². The van der Waals surface area contributed by atoms with Crippen LogP contribution >= 0.6 is 11.6 Å². The molecule has 112 valence electrons. The third kappa shape index (κ3) is 4.07. The van der Waals surface area contributed by atoms with Crippen molar-refractivity contribution in [3.8, 4) is 0 Å². The van der Waals surface area contributed by atoms with Crippen LogP contribution in [-0.4, -0.2) is 0 Å². The molecule has 0 saturated heterocycles. The zero-order valence-corrected chi connectivity index (χ0v) is 13.6. The Morgan fingerprint density at radius 2 is 1.67 bits per heavy atom. The maximum atomic E-state index is 6.25. The van der Waals surface area contributed by atoms with Gasteiger partial charge in [0.25, 0.3) is 0 Å². The maximum absolute atomic E-state index is 6.25. The van der Waals surface area contributed by atoms with Crippen molar-refractivity contribution < 1.29 is 0 Å². The van der Waals surface area contributed by atoms with E-state index in [9.17, 15) is 0 Å². The van der Waals surface area contributed by atoms with Crippen molar-refractivity contribution in [2.75, 3.05) is 0 Å². The number of halogens is 1. The largest absolute Gasteiger partial charge is 0.271 e. The molecule has 0 bridgehead atoms. The molecule has 0 fully saturated rings. The molecule has 0 saturated carbocycles. The molecule has 21 heavy (non-hydrogen) atoms. The number of nitrogens with two attached hydrogens (primary N) is 1. The Kier molecular flexibility index (Phi) is 5.04. The van der Waals surface area contributed by atoms with E-state index in [1.54, 1.807) is 0 Å². The molecule has 1 atom stereocenters. The van der Waals surface area contributed by atoms with E-state index in [0.717, 1.165) is 17.0 Å². The highest BCUT2D eigenvalue weighted by Gasteiger charge is 2.16. The molecule has 0 aromatic heterocycles. The standard InChI is InChI=1S/C18H23ClN2/c1-18(2,3)14-10-8-13(9-11-14)12-17(21-20)15-6-4-5-7-16(15)19/h4-11,17,21H,12,20H2,1-3H3. The molecular weight excluding hydrogens is 280 g/mol. The highest BCUT2D eigenvalue weighted by molar-refractivity contribution is 6.31. The smallest absolute Gasteiger partial charge is 0.0515 e. The van der Waals surface area contributed by atoms with Crippen LogP contribution in [0.1, 0.15) is 43.5 Å². The zero-order valence-electron chi connectivity index (χ0n) is 12.9. The Labute approximate surface area is 132 Å². The van der Waals surface area contributed by atoms with Gasteiger partial charge in [0.2, 0.25) is 0 Å². The minimum atomic E-state index is 0.0131. The Morgan fingerprint density at radius 3 is 2.19 bits per heavy atom. The van der Waals surface area contributed by atoms with E-state index >= 15 is 0 Å². The van der Waals surface area contributed by atoms with E-state index in [-0.39, 0.29) is 11.5 Å². The molecule has 3 heteroatoms. The minimum absolute atomic E-state index is 0.0131. The van der Waals surface area contributed by atoms with E-state index in [2.05, 4.69) is 50.5 Å². The molecule has 1 unspecified atom stereocenters. The summed E-state index contributed by atoms with van der Waals surface area (Å²) in [6.45, 7) is 6.65. The number of hydrazine groups is 1. The predicted octanol–water partition coefficient (Wildman–Crippen LogP) is 4.38. The fraction of sp³-hybridized carbons (Fsp3) is 0.333. The summed E-state index contributed by atoms with van der Waals surface area (Å²) in [5.74, 6) is 5.71. The van der Waals surface area contributed by atoms with Crippen LogP contribution in [0.2, 0.25) is 5.02 Å². The van der Waals surface area contributed by atoms with Gasteiger partial charge in [-0.1, -0.05) is 74.8 Å². The van der Waals surface area contributed by atoms with Gasteiger partial charge >= 0.3 is 0 Å². The van der Waals surface area contributed by atoms with Gasteiger partial charge < -0.3 is 0 Å². The molecule has 2 aromatic rings. The monoisotopic (exact) mass is 302 g/mol. The molecular formula is C18H23ClN2. The molecule has 3 N–H and O–H groups in total. The Balaban J connectivity index is 2.18. The summed E-state index contributed by atoms with van der Waals surface area (Å²) >= 11 is 6.25. The second-order valence-corrected chi connectivity index (χ2v) is 6.80. The highest BCUT2D eigenvalue weighted by Crippen LogP contribution is 2.27. The number of rotatable bonds is 4. The first-order valence-corrected chi connectivity index (χ1v) is 7.59. The lowest BCUT2D eigenvalue weighted by Gasteiger charge is -2.21. The van der Waals surface area contributed by atoms with Gasteiger partial charge in [0, 0.05) is 5.02 Å². The maximum Gasteiger partial charge on any atom is 0.0515 e. The molecule has 2 rings (SSSR count). The third-order valence-electron chi connectivity index (χ3n) is 3.74. The topological polar surface area (TPSA) is 38.0 Å². The lowest BCUT2D eigenvalue weighted by atomic mass is 9.86. The first kappa shape index (κ1) is 16.0. The summed E-state index contributed by atoms with van der Waals surface area (Å²) in [5.41, 5.74) is 6.65. The van der Waals surface area contributed by atoms with Gasteiger partial charge in [-0.05, 0) is 34.6 Å². The summed E-state index contributed by atoms with van der Waals surface area (Å²) < 4.78 is 0. The van der Waals surface area contributed by atoms with Gasteiger partial charge in [-0.2, -0.15) is 0 Å². The third-order valence-corrected chi connectivity index (χ3v) is 4.09. The Bertz CT molecular complexity index is 585. The fourth-order valence-electron chi connectivity index (χ4n) is 2.39. The van der Waals surface area contributed by atoms with E-state index < -0.39 is 0 Å². The molecule has 2 nitrogen and oxygen atoms in total. The SMILES string of the molecule is CC(C)(C)c1ccc(CC(NN)c2ccccc2Cl)cc1. The van der Waals surface area contributed by atoms with Crippen molar-refractivity contribution in [3.05, 3.63) is 70.2 Å². The fourth-order valence-corrected chi connectivity index (χ4v) is 2.66. The van der Waals surface area contributed by atoms with Crippen LogP contribution in [0.5, 0.6) is 0 Å². The van der Waals surface area contributed by atoms with Crippen molar-refractivity contribution in [2.45, 2.75) is 38.6 Å². The normalized spacial score (nSPS) is 13.2. The average molecular weight is 303 g/mol. The highest BCUT2D eigenvalue weighted by atomic mass is 35.5. The summed E-state index contributed by atoms with van der Waals surface area (Å²) in [4.78, 5) is 0. The average Bonchev–Trinajstić information content (AvgIpc) is 2.45. The first-order chi connectivity index (χ1) is 9.91. The van der Waals surface area contributed by atoms with Crippen LogP contribution in [0.15, 0.2) is 48.5 Å². The van der Waals surface area contributed by atoms with Gasteiger partial charge in [0.1, 0.15) is 0 Å². The second kappa shape index (κ2) is 6.61. The van der Waals surface area contributed by atoms with Gasteiger partial charge in [0.05, 0.1) is 6.04 Å². The molecule has 0 aliphatic carbocycles. The van der Waals surface area contributed by atoms with E-state index in [1.165, 1.54) is 11.1 Å². The molecule has 0 aliphatic heterocycles. The molecule has 0 spiro atoms. The van der Waals surface area contributed by atoms with Gasteiger partial charge in [0.15, 0.2) is 0 Å². The van der Waals surface area contributed by atoms with Crippen LogP contribution in [0.4, 0.5) is 0 Å². The Morgan fingerprint density at radius 1 is 1.05 bits per heavy atom. The summed E-state index contributed by atoms with van der Waals surface area (Å²) in [6, 6.07) is 16.5. The Hall–Kier alpha value is -1.35. The zero-order chi connectivity index (χ0) is 15.5. The summed E-state index contributed by atoms with van der Waals surface area (Å²) in [7, 11) is 0. The molecule has 0 amide bonds. The number of benzene rings is 2. The second-order valence-electron chi connectivity index (χ2n) is 6.39. The number of hydrogen-bond donors (Lipinski definition) is 2. The minimum Gasteiger partial charge on any atom is -0.271 e. The first-order valence-electron chi connectivity index (χ1n) is 7.22. The van der Waals surface area contributed by atoms with Gasteiger partial charge in [-0.15, -0.1) is 0 Å². The van der Waals surface area contributed by atoms with Crippen molar-refractivity contribution >= 4 is 11.6 Å². The number of nitrogens with one attached hydrogen (secondary N) is 1. The quantitative estimate of drug-likeness (QED) is 0.649. The van der Waals surface area contributed by atoms with Crippen molar-refractivity contribution in [1.82, 2.24) is 5.43 Å². The molecule has 0 aliphatic rings. The summed E-state index contributed by atoms with van der Waals surface area (Å²) in [6.07, 6.45) is 0.810. The van der Waals surface area contributed by atoms with Crippen LogP contribution in [0, 0.1) is 0 Å². The van der Waals surface area contributed by atoms with Crippen LogP contribution < -0.4 is 11.3 Å². The number of hydrogen-bond acceptors (Lipinski definition) is 2. The molecule has 2 aromatic carbocycles. The van der Waals surface area contributed by atoms with Crippen LogP contribution in [0.25, 0.3) is 0 Å². The lowest BCUT2D eigenvalue weighted by molar-refractivity contribution is 0.551. The van der Waals surface area contributed by atoms with Crippen LogP contribution in [0.3, 0.4) is 0 Å². The molecule has 0 radical (unpaired) electrons. The van der Waals surface area contributed by atoms with E-state index in [1.807, 2.05) is 24.3 Å². The van der Waals surface area contributed by atoms with E-state index in [4.69, 9.17) is 17.4 Å². The van der Waals surface area contributed by atoms with Crippen molar-refractivity contribution in [2.24, 2.45) is 5.84 Å². The molecule has 0 heterocycles.